The van der Waals surface area contributed by atoms with E-state index in [0.717, 1.165) is 59.0 Å². The number of fused-ring (bicyclic) bond motifs is 2. The molecule has 1 saturated carbocycles. The number of hydrogen-bond donors (Lipinski definition) is 3. The zero-order valence-electron chi connectivity index (χ0n) is 19.7. The average Bonchev–Trinajstić information content (AvgIpc) is 3.58. The van der Waals surface area contributed by atoms with Crippen molar-refractivity contribution < 1.29 is 18.3 Å². The first-order valence-corrected chi connectivity index (χ1v) is 13.4. The summed E-state index contributed by atoms with van der Waals surface area (Å²) >= 11 is 0. The molecule has 11 heteroatoms. The number of pyridine rings is 1. The van der Waals surface area contributed by atoms with E-state index < -0.39 is 22.2 Å². The van der Waals surface area contributed by atoms with Crippen molar-refractivity contribution in [3.8, 4) is 11.1 Å². The summed E-state index contributed by atoms with van der Waals surface area (Å²) in [6.45, 7) is 2.00. The van der Waals surface area contributed by atoms with Crippen LogP contribution < -0.4 is 10.0 Å². The van der Waals surface area contributed by atoms with Gasteiger partial charge in [0.25, 0.3) is 10.0 Å². The molecule has 3 heterocycles. The second-order valence-electron chi connectivity index (χ2n) is 9.46. The lowest BCUT2D eigenvalue weighted by Crippen LogP contribution is -2.36. The fraction of sp³-hybridized carbons (Fsp3) is 0.320. The minimum atomic E-state index is -4.20. The van der Waals surface area contributed by atoms with Crippen LogP contribution in [0.4, 0.5) is 10.5 Å². The van der Waals surface area contributed by atoms with E-state index in [0.29, 0.717) is 12.1 Å². The molecule has 2 amide bonds. The Bertz CT molecular complexity index is 1610. The second-order valence-corrected chi connectivity index (χ2v) is 11.1. The van der Waals surface area contributed by atoms with Gasteiger partial charge in [0.15, 0.2) is 5.03 Å². The number of hydrogen-bond acceptors (Lipinski definition) is 6. The third-order valence-corrected chi connectivity index (χ3v) is 8.38. The summed E-state index contributed by atoms with van der Waals surface area (Å²) in [5, 5.41) is 20.8. The first kappa shape index (κ1) is 22.7. The summed E-state index contributed by atoms with van der Waals surface area (Å²) in [7, 11) is -4.20. The molecule has 2 aliphatic rings. The Balaban J connectivity index is 1.31. The number of carbonyl (C=O) groups excluding carboxylic acids is 1. The molecule has 0 radical (unpaired) electrons. The number of anilines is 1. The molecule has 4 aromatic rings. The predicted octanol–water partition coefficient (Wildman–Crippen LogP) is 3.20. The minimum absolute atomic E-state index is 0.242. The minimum Gasteiger partial charge on any atom is -0.391 e. The van der Waals surface area contributed by atoms with Crippen molar-refractivity contribution in [1.82, 2.24) is 24.1 Å². The van der Waals surface area contributed by atoms with Crippen molar-refractivity contribution in [1.29, 1.82) is 0 Å². The van der Waals surface area contributed by atoms with Crippen LogP contribution in [0.3, 0.4) is 0 Å². The van der Waals surface area contributed by atoms with Crippen LogP contribution in [0.25, 0.3) is 16.6 Å². The van der Waals surface area contributed by atoms with Gasteiger partial charge in [0.2, 0.25) is 0 Å². The van der Waals surface area contributed by atoms with Gasteiger partial charge in [-0.25, -0.2) is 14.0 Å². The van der Waals surface area contributed by atoms with Crippen LogP contribution in [-0.4, -0.2) is 45.1 Å². The fourth-order valence-corrected chi connectivity index (χ4v) is 6.06. The summed E-state index contributed by atoms with van der Waals surface area (Å²) < 4.78 is 31.1. The van der Waals surface area contributed by atoms with Gasteiger partial charge in [-0.2, -0.15) is 18.6 Å². The number of benzene rings is 1. The number of carbonyl (C=O) groups is 1. The molecule has 0 spiro atoms. The molecule has 36 heavy (non-hydrogen) atoms. The van der Waals surface area contributed by atoms with E-state index in [1.54, 1.807) is 10.7 Å². The number of sulfonamides is 1. The molecule has 1 fully saturated rings. The highest BCUT2D eigenvalue weighted by Gasteiger charge is 2.32. The van der Waals surface area contributed by atoms with Gasteiger partial charge in [-0.15, -0.1) is 0 Å². The molecular weight excluding hydrogens is 480 g/mol. The summed E-state index contributed by atoms with van der Waals surface area (Å²) in [5.41, 5.74) is 6.49. The van der Waals surface area contributed by atoms with E-state index in [1.807, 2.05) is 31.3 Å². The number of aliphatic hydroxyl groups excluding tert-OH is 1. The Morgan fingerprint density at radius 1 is 1.14 bits per heavy atom. The number of aryl methyl sites for hydroxylation is 2. The van der Waals surface area contributed by atoms with Gasteiger partial charge >= 0.3 is 6.03 Å². The van der Waals surface area contributed by atoms with Gasteiger partial charge in [-0.3, -0.25) is 4.68 Å². The Morgan fingerprint density at radius 2 is 2.00 bits per heavy atom. The highest BCUT2D eigenvalue weighted by atomic mass is 32.2. The molecule has 1 aromatic carbocycles. The van der Waals surface area contributed by atoms with Gasteiger partial charge in [0.05, 0.1) is 23.3 Å². The maximum absolute atomic E-state index is 13.0. The lowest BCUT2D eigenvalue weighted by Gasteiger charge is -2.32. The Hall–Kier alpha value is -3.70. The summed E-state index contributed by atoms with van der Waals surface area (Å²) in [6.07, 6.45) is 8.62. The van der Waals surface area contributed by atoms with E-state index in [1.165, 1.54) is 16.9 Å². The van der Waals surface area contributed by atoms with Crippen LogP contribution in [0.2, 0.25) is 0 Å². The van der Waals surface area contributed by atoms with Gasteiger partial charge < -0.3 is 10.4 Å². The quantitative estimate of drug-likeness (QED) is 0.381. The SMILES string of the molecule is Cc1cc2c(c(NC(=O)NS(=O)(=O)c3ccn([C@@H]4CC[C@@H]4O)n3)c1-c1ccn3nccc3c1)CCC2. The topological polar surface area (TPSA) is 131 Å². The predicted molar refractivity (Wildman–Crippen MR) is 133 cm³/mol. The third kappa shape index (κ3) is 3.84. The van der Waals surface area contributed by atoms with E-state index in [-0.39, 0.29) is 11.1 Å². The lowest BCUT2D eigenvalue weighted by atomic mass is 9.89. The van der Waals surface area contributed by atoms with Gasteiger partial charge in [0.1, 0.15) is 0 Å². The normalized spacial score (nSPS) is 19.2. The van der Waals surface area contributed by atoms with Gasteiger partial charge in [-0.1, -0.05) is 6.07 Å². The standard InChI is InChI=1S/C25H26N6O4S/c1-15-13-16-3-2-4-19(16)24(23(15)17-8-11-30-18(14-17)7-10-26-30)27-25(33)29-36(34,35)22-9-12-31(28-22)20-5-6-21(20)32/h7-14,20-21,32H,2-6H2,1H3,(H2,27,29,33)/t20-,21+/m1/s1. The number of aliphatic hydroxyl groups is 1. The van der Waals surface area contributed by atoms with Crippen LogP contribution >= 0.6 is 0 Å². The number of amides is 2. The van der Waals surface area contributed by atoms with E-state index >= 15 is 0 Å². The monoisotopic (exact) mass is 506 g/mol. The molecule has 2 atom stereocenters. The molecular formula is C25H26N6O4S. The number of urea groups is 1. The average molecular weight is 507 g/mol. The Kier molecular flexibility index (Phi) is 5.34. The molecule has 6 rings (SSSR count). The largest absolute Gasteiger partial charge is 0.391 e. The number of nitrogens with zero attached hydrogens (tertiary/aromatic N) is 4. The molecule has 186 valence electrons. The van der Waals surface area contributed by atoms with Gasteiger partial charge in [-0.05, 0) is 85.5 Å². The van der Waals surface area contributed by atoms with Crippen molar-refractivity contribution in [3.63, 3.8) is 0 Å². The third-order valence-electron chi connectivity index (χ3n) is 7.15. The molecule has 3 N–H and O–H groups in total. The van der Waals surface area contributed by atoms with Crippen molar-refractivity contribution >= 4 is 27.3 Å². The van der Waals surface area contributed by atoms with Crippen molar-refractivity contribution in [2.75, 3.05) is 5.32 Å². The Morgan fingerprint density at radius 3 is 2.78 bits per heavy atom. The van der Waals surface area contributed by atoms with E-state index in [2.05, 4.69) is 26.3 Å². The van der Waals surface area contributed by atoms with Crippen molar-refractivity contribution in [3.05, 3.63) is 65.6 Å². The smallest absolute Gasteiger partial charge is 0.333 e. The molecule has 2 aliphatic carbocycles. The molecule has 3 aromatic heterocycles. The molecule has 0 bridgehead atoms. The Labute approximate surface area is 208 Å². The molecule has 10 nitrogen and oxygen atoms in total. The number of nitrogens with one attached hydrogen (secondary N) is 2. The van der Waals surface area contributed by atoms with Crippen LogP contribution in [-0.2, 0) is 22.9 Å². The van der Waals surface area contributed by atoms with Crippen molar-refractivity contribution in [2.24, 2.45) is 0 Å². The maximum Gasteiger partial charge on any atom is 0.333 e. The zero-order chi connectivity index (χ0) is 25.0. The van der Waals surface area contributed by atoms with E-state index in [4.69, 9.17) is 0 Å². The first-order chi connectivity index (χ1) is 17.3. The van der Waals surface area contributed by atoms with E-state index in [9.17, 15) is 18.3 Å². The van der Waals surface area contributed by atoms with Crippen LogP contribution in [0.15, 0.2) is 53.9 Å². The fourth-order valence-electron chi connectivity index (χ4n) is 5.22. The van der Waals surface area contributed by atoms with Crippen molar-refractivity contribution in [2.45, 2.75) is 56.2 Å². The second kappa shape index (κ2) is 8.45. The maximum atomic E-state index is 13.0. The van der Waals surface area contributed by atoms with Gasteiger partial charge in [0, 0.05) is 24.2 Å². The number of aromatic nitrogens is 4. The van der Waals surface area contributed by atoms with Crippen LogP contribution in [0, 0.1) is 6.92 Å². The summed E-state index contributed by atoms with van der Waals surface area (Å²) in [6, 6.07) is 8.23. The lowest BCUT2D eigenvalue weighted by molar-refractivity contribution is 0.0248. The van der Waals surface area contributed by atoms with Crippen LogP contribution in [0.5, 0.6) is 0 Å². The highest BCUT2D eigenvalue weighted by molar-refractivity contribution is 7.90. The number of rotatable bonds is 5. The van der Waals surface area contributed by atoms with Crippen LogP contribution in [0.1, 0.15) is 42.0 Å². The summed E-state index contributed by atoms with van der Waals surface area (Å²) in [4.78, 5) is 13.0. The molecule has 0 unspecified atom stereocenters. The highest BCUT2D eigenvalue weighted by Crippen LogP contribution is 2.40. The molecule has 0 saturated heterocycles. The molecule has 0 aliphatic heterocycles. The summed E-state index contributed by atoms with van der Waals surface area (Å²) in [5.74, 6) is 0. The first-order valence-electron chi connectivity index (χ1n) is 12.0. The zero-order valence-corrected chi connectivity index (χ0v) is 20.5.